The molecule has 2 atom stereocenters. The number of hydrogen-bond acceptors (Lipinski definition) is 3. The first-order valence-corrected chi connectivity index (χ1v) is 9.12. The van der Waals surface area contributed by atoms with Gasteiger partial charge in [-0.25, -0.2) is 0 Å². The van der Waals surface area contributed by atoms with Crippen LogP contribution in [-0.4, -0.2) is 23.9 Å². The number of rotatable bonds is 5. The van der Waals surface area contributed by atoms with Gasteiger partial charge in [0.05, 0.1) is 0 Å². The predicted molar refractivity (Wildman–Crippen MR) is 101 cm³/mol. The van der Waals surface area contributed by atoms with Crippen molar-refractivity contribution in [1.82, 2.24) is 5.32 Å². The first-order chi connectivity index (χ1) is 11.7. The first kappa shape index (κ1) is 18.2. The summed E-state index contributed by atoms with van der Waals surface area (Å²) in [5.41, 5.74) is 1.51. The summed E-state index contributed by atoms with van der Waals surface area (Å²) in [5, 5.41) is 9.52. The van der Waals surface area contributed by atoms with Gasteiger partial charge >= 0.3 is 0 Å². The highest BCUT2D eigenvalue weighted by Crippen LogP contribution is 2.33. The molecule has 3 N–H and O–H groups in total. The zero-order valence-electron chi connectivity index (χ0n) is 14.3. The largest absolute Gasteiger partial charge is 0.326 e. The lowest BCUT2D eigenvalue weighted by Gasteiger charge is -2.28. The molecule has 25 heavy (non-hydrogen) atoms. The zero-order valence-corrected chi connectivity index (χ0v) is 15.1. The Morgan fingerprint density at radius 1 is 1.00 bits per heavy atom. The van der Waals surface area contributed by atoms with E-state index in [0.717, 1.165) is 37.1 Å². The van der Waals surface area contributed by atoms with Crippen molar-refractivity contribution in [3.8, 4) is 0 Å². The van der Waals surface area contributed by atoms with Gasteiger partial charge in [0.25, 0.3) is 0 Å². The van der Waals surface area contributed by atoms with Gasteiger partial charge in [-0.1, -0.05) is 6.07 Å². The molecule has 6 heteroatoms. The molecule has 5 nitrogen and oxygen atoms in total. The average Bonchev–Trinajstić information content (AvgIpc) is 3.33. The van der Waals surface area contributed by atoms with E-state index in [1.54, 1.807) is 0 Å². The second-order valence-corrected chi connectivity index (χ2v) is 7.57. The van der Waals surface area contributed by atoms with Gasteiger partial charge in [-0.05, 0) is 62.6 Å². The van der Waals surface area contributed by atoms with Crippen molar-refractivity contribution in [2.45, 2.75) is 57.0 Å². The molecular formula is C19H26ClN3O2. The Balaban J connectivity index is 0.00000182. The van der Waals surface area contributed by atoms with Gasteiger partial charge in [0.2, 0.25) is 11.8 Å². The number of fused-ring (bicyclic) bond motifs is 2. The van der Waals surface area contributed by atoms with Crippen LogP contribution in [0.2, 0.25) is 0 Å². The SMILES string of the molecule is Cl.O=C(CC1CC2CCC(C1)N2)Nc1cccc(NC(=O)C2CC2)c1. The molecule has 2 bridgehead atoms. The van der Waals surface area contributed by atoms with Gasteiger partial charge in [0.15, 0.2) is 0 Å². The summed E-state index contributed by atoms with van der Waals surface area (Å²) in [5.74, 6) is 0.829. The topological polar surface area (TPSA) is 70.2 Å². The summed E-state index contributed by atoms with van der Waals surface area (Å²) in [7, 11) is 0. The highest BCUT2D eigenvalue weighted by atomic mass is 35.5. The van der Waals surface area contributed by atoms with Gasteiger partial charge in [-0.3, -0.25) is 9.59 Å². The average molecular weight is 364 g/mol. The van der Waals surface area contributed by atoms with Crippen LogP contribution >= 0.6 is 12.4 Å². The second-order valence-electron chi connectivity index (χ2n) is 7.57. The van der Waals surface area contributed by atoms with E-state index in [9.17, 15) is 9.59 Å². The van der Waals surface area contributed by atoms with E-state index in [0.29, 0.717) is 24.4 Å². The number of hydrogen-bond donors (Lipinski definition) is 3. The van der Waals surface area contributed by atoms with Crippen LogP contribution in [0, 0.1) is 11.8 Å². The predicted octanol–water partition coefficient (Wildman–Crippen LogP) is 3.32. The fourth-order valence-electron chi connectivity index (χ4n) is 4.08. The zero-order chi connectivity index (χ0) is 16.5. The van der Waals surface area contributed by atoms with Crippen LogP contribution in [0.3, 0.4) is 0 Å². The molecule has 3 fully saturated rings. The summed E-state index contributed by atoms with van der Waals surface area (Å²) in [6, 6.07) is 8.66. The third-order valence-corrected chi connectivity index (χ3v) is 5.41. The molecule has 2 amide bonds. The monoisotopic (exact) mass is 363 g/mol. The summed E-state index contributed by atoms with van der Waals surface area (Å²) in [6.07, 6.45) is 7.30. The molecule has 1 saturated carbocycles. The molecule has 3 aliphatic rings. The minimum atomic E-state index is 0. The molecule has 2 unspecified atom stereocenters. The maximum Gasteiger partial charge on any atom is 0.227 e. The molecule has 2 saturated heterocycles. The quantitative estimate of drug-likeness (QED) is 0.751. The van der Waals surface area contributed by atoms with Crippen LogP contribution in [0.25, 0.3) is 0 Å². The lowest BCUT2D eigenvalue weighted by Crippen LogP contribution is -2.39. The van der Waals surface area contributed by atoms with E-state index in [2.05, 4.69) is 16.0 Å². The van der Waals surface area contributed by atoms with Crippen LogP contribution in [-0.2, 0) is 9.59 Å². The van der Waals surface area contributed by atoms with Crippen LogP contribution in [0.5, 0.6) is 0 Å². The maximum atomic E-state index is 12.3. The van der Waals surface area contributed by atoms with E-state index in [1.165, 1.54) is 12.8 Å². The van der Waals surface area contributed by atoms with Gasteiger partial charge < -0.3 is 16.0 Å². The molecule has 0 aromatic heterocycles. The normalized spacial score (nSPS) is 27.3. The van der Waals surface area contributed by atoms with E-state index in [-0.39, 0.29) is 30.1 Å². The first-order valence-electron chi connectivity index (χ1n) is 9.12. The van der Waals surface area contributed by atoms with Crippen LogP contribution in [0.15, 0.2) is 24.3 Å². The molecule has 2 heterocycles. The van der Waals surface area contributed by atoms with Crippen molar-refractivity contribution in [3.05, 3.63) is 24.3 Å². The van der Waals surface area contributed by atoms with E-state index < -0.39 is 0 Å². The third-order valence-electron chi connectivity index (χ3n) is 5.41. The molecule has 1 aromatic carbocycles. The van der Waals surface area contributed by atoms with Crippen molar-refractivity contribution in [2.75, 3.05) is 10.6 Å². The van der Waals surface area contributed by atoms with Crippen LogP contribution in [0.1, 0.15) is 44.9 Å². The maximum absolute atomic E-state index is 12.3. The number of nitrogens with one attached hydrogen (secondary N) is 3. The Bertz CT molecular complexity index is 635. The lowest BCUT2D eigenvalue weighted by molar-refractivity contribution is -0.118. The van der Waals surface area contributed by atoms with Crippen molar-refractivity contribution in [1.29, 1.82) is 0 Å². The van der Waals surface area contributed by atoms with Crippen molar-refractivity contribution < 1.29 is 9.59 Å². The Kier molecular flexibility index (Phi) is 5.64. The van der Waals surface area contributed by atoms with E-state index in [4.69, 9.17) is 0 Å². The number of amides is 2. The molecule has 0 spiro atoms. The van der Waals surface area contributed by atoms with E-state index in [1.807, 2.05) is 24.3 Å². The number of carbonyl (C=O) groups excluding carboxylic acids is 2. The minimum Gasteiger partial charge on any atom is -0.326 e. The molecule has 0 radical (unpaired) electrons. The molecule has 4 rings (SSSR count). The fraction of sp³-hybridized carbons (Fsp3) is 0.579. The highest BCUT2D eigenvalue weighted by molar-refractivity contribution is 5.96. The third kappa shape index (κ3) is 4.73. The smallest absolute Gasteiger partial charge is 0.227 e. The van der Waals surface area contributed by atoms with E-state index >= 15 is 0 Å². The van der Waals surface area contributed by atoms with Crippen molar-refractivity contribution >= 4 is 35.6 Å². The Morgan fingerprint density at radius 3 is 2.28 bits per heavy atom. The van der Waals surface area contributed by atoms with Crippen molar-refractivity contribution in [2.24, 2.45) is 11.8 Å². The number of halogens is 1. The summed E-state index contributed by atoms with van der Waals surface area (Å²) >= 11 is 0. The minimum absolute atomic E-state index is 0. The molecule has 2 aliphatic heterocycles. The van der Waals surface area contributed by atoms with Gasteiger partial charge in [0.1, 0.15) is 0 Å². The number of carbonyl (C=O) groups is 2. The Hall–Kier alpha value is -1.59. The second kappa shape index (κ2) is 7.75. The standard InChI is InChI=1S/C19H25N3O2.ClH/c23-18(10-12-8-16-6-7-17(9-12)20-16)21-14-2-1-3-15(11-14)22-19(24)13-4-5-13;/h1-3,11-13,16-17,20H,4-10H2,(H,21,23)(H,22,24);1H. The van der Waals surface area contributed by atoms with Gasteiger partial charge in [-0.15, -0.1) is 12.4 Å². The van der Waals surface area contributed by atoms with Gasteiger partial charge in [0, 0.05) is 35.8 Å². The molecule has 1 aromatic rings. The van der Waals surface area contributed by atoms with Crippen LogP contribution < -0.4 is 16.0 Å². The molecule has 136 valence electrons. The number of anilines is 2. The Morgan fingerprint density at radius 2 is 1.64 bits per heavy atom. The molecular weight excluding hydrogens is 338 g/mol. The van der Waals surface area contributed by atoms with Crippen LogP contribution in [0.4, 0.5) is 11.4 Å². The lowest BCUT2D eigenvalue weighted by atomic mass is 9.89. The van der Waals surface area contributed by atoms with Crippen molar-refractivity contribution in [3.63, 3.8) is 0 Å². The highest BCUT2D eigenvalue weighted by Gasteiger charge is 2.34. The fourth-order valence-corrected chi connectivity index (χ4v) is 4.08. The van der Waals surface area contributed by atoms with Gasteiger partial charge in [-0.2, -0.15) is 0 Å². The molecule has 1 aliphatic carbocycles. The number of piperidine rings is 1. The summed E-state index contributed by atoms with van der Waals surface area (Å²) in [6.45, 7) is 0. The summed E-state index contributed by atoms with van der Waals surface area (Å²) in [4.78, 5) is 24.2. The Labute approximate surface area is 154 Å². The number of benzene rings is 1. The summed E-state index contributed by atoms with van der Waals surface area (Å²) < 4.78 is 0.